The zero-order chi connectivity index (χ0) is 29.2. The largest absolute Gasteiger partial charge is 0.374 e. The number of aromatic nitrogens is 2. The second kappa shape index (κ2) is 9.34. The van der Waals surface area contributed by atoms with Crippen LogP contribution in [0.4, 0.5) is 0 Å². The normalized spacial score (nSPS) is 23.6. The number of carbonyl (C=O) groups is 2. The fourth-order valence-corrected chi connectivity index (χ4v) is 8.33. The average molecular weight is 605 g/mol. The number of benzene rings is 4. The molecule has 44 heavy (non-hydrogen) atoms. The predicted octanol–water partition coefficient (Wildman–Crippen LogP) is 6.02. The van der Waals surface area contributed by atoms with Crippen molar-refractivity contribution in [1.29, 1.82) is 0 Å². The first-order valence-corrected chi connectivity index (χ1v) is 14.8. The third-order valence-corrected chi connectivity index (χ3v) is 10.0. The highest BCUT2D eigenvalue weighted by Crippen LogP contribution is 2.54. The van der Waals surface area contributed by atoms with E-state index in [-0.39, 0.29) is 31.4 Å². The zero-order valence-corrected chi connectivity index (χ0v) is 25.6. The molecule has 1 fully saturated rings. The summed E-state index contributed by atoms with van der Waals surface area (Å²) < 4.78 is 18.1. The summed E-state index contributed by atoms with van der Waals surface area (Å²) in [6, 6.07) is 25.7. The molecule has 222 valence electrons. The Morgan fingerprint density at radius 2 is 1.61 bits per heavy atom. The maximum Gasteiger partial charge on any atom is 0.253 e. The van der Waals surface area contributed by atoms with Gasteiger partial charge < -0.3 is 28.8 Å². The van der Waals surface area contributed by atoms with Crippen LogP contribution >= 0.6 is 13.5 Å². The van der Waals surface area contributed by atoms with Gasteiger partial charge >= 0.3 is 0 Å². The molecule has 4 atom stereocenters. The number of carbonyl (C=O) groups excluding carboxylic acids is 2. The van der Waals surface area contributed by atoms with Crippen molar-refractivity contribution in [3.8, 4) is 0 Å². The van der Waals surface area contributed by atoms with Crippen molar-refractivity contribution in [3.63, 3.8) is 0 Å². The van der Waals surface area contributed by atoms with Crippen LogP contribution in [0.15, 0.2) is 78.9 Å². The summed E-state index contributed by atoms with van der Waals surface area (Å²) in [6.07, 6.45) is -0.386. The molecule has 0 radical (unpaired) electrons. The molecule has 2 bridgehead atoms. The number of likely N-dealkylation sites (N-methyl/N-ethyl adjacent to an activating group) is 1. The lowest BCUT2D eigenvalue weighted by Crippen LogP contribution is -2.61. The Bertz CT molecular complexity index is 2190. The maximum atomic E-state index is 13.9. The molecule has 2 amide bonds. The number of ether oxygens (including phenoxy) is 2. The van der Waals surface area contributed by atoms with Gasteiger partial charge in [0.1, 0.15) is 12.3 Å². The number of fused-ring (bicyclic) bond motifs is 13. The van der Waals surface area contributed by atoms with Crippen LogP contribution in [0.1, 0.15) is 45.9 Å². The summed E-state index contributed by atoms with van der Waals surface area (Å²) in [5.74, 6) is -0.107. The van der Waals surface area contributed by atoms with Gasteiger partial charge in [-0.1, -0.05) is 54.6 Å². The van der Waals surface area contributed by atoms with Gasteiger partial charge in [0, 0.05) is 54.2 Å². The Morgan fingerprint density at radius 1 is 0.955 bits per heavy atom. The number of hydrogen-bond donors (Lipinski definition) is 1. The molecular weight excluding hydrogens is 572 g/mol. The van der Waals surface area contributed by atoms with E-state index in [1.54, 1.807) is 7.11 Å². The molecule has 9 rings (SSSR count). The van der Waals surface area contributed by atoms with E-state index < -0.39 is 18.1 Å². The van der Waals surface area contributed by atoms with Crippen molar-refractivity contribution in [1.82, 2.24) is 19.4 Å². The van der Waals surface area contributed by atoms with Gasteiger partial charge in [0.15, 0.2) is 5.72 Å². The molecule has 4 aromatic carbocycles. The Balaban J connectivity index is 0.00000289. The zero-order valence-electron chi connectivity index (χ0n) is 24.6. The lowest BCUT2D eigenvalue weighted by Gasteiger charge is -2.50. The van der Waals surface area contributed by atoms with Gasteiger partial charge in [0.25, 0.3) is 11.8 Å². The van der Waals surface area contributed by atoms with Gasteiger partial charge in [0.2, 0.25) is 0 Å². The van der Waals surface area contributed by atoms with Crippen molar-refractivity contribution in [3.05, 3.63) is 95.6 Å². The van der Waals surface area contributed by atoms with E-state index in [4.69, 9.17) is 9.47 Å². The highest BCUT2D eigenvalue weighted by Gasteiger charge is 2.55. The monoisotopic (exact) mass is 604 g/mol. The lowest BCUT2D eigenvalue weighted by atomic mass is 9.91. The summed E-state index contributed by atoms with van der Waals surface area (Å²) in [7, 11) is 3.57. The van der Waals surface area contributed by atoms with Crippen molar-refractivity contribution in [2.24, 2.45) is 0 Å². The van der Waals surface area contributed by atoms with Crippen LogP contribution in [0.2, 0.25) is 0 Å². The van der Waals surface area contributed by atoms with Crippen molar-refractivity contribution >= 4 is 68.9 Å². The molecule has 0 saturated carbocycles. The molecule has 1 unspecified atom stereocenters. The smallest absolute Gasteiger partial charge is 0.253 e. The number of amides is 2. The maximum absolute atomic E-state index is 13.9. The standard InChI is InChI=1S/C35H30N4O4.H2S/c1-35-32(42-3)25(37(2)34(41)19-11-5-4-6-12-19)17-26(43-35)38-23-15-9-7-13-20(23)28-29-22(18-36-33(29)40)27-21-14-8-10-16-24(21)39(35)31(27)30(28)38;/h4-16,25-26,32H,17-18H2,1-3H3,(H,36,40);1H2/t25-,26-,32-,35?;/m1./s1. The van der Waals surface area contributed by atoms with Crippen molar-refractivity contribution in [2.75, 3.05) is 14.2 Å². The van der Waals surface area contributed by atoms with E-state index >= 15 is 0 Å². The molecule has 6 aromatic rings. The number of hydrogen-bond acceptors (Lipinski definition) is 4. The Morgan fingerprint density at radius 3 is 2.34 bits per heavy atom. The molecule has 2 aromatic heterocycles. The molecule has 1 N–H and O–H groups in total. The summed E-state index contributed by atoms with van der Waals surface area (Å²) in [5.41, 5.74) is 5.46. The highest BCUT2D eigenvalue weighted by atomic mass is 32.1. The number of methoxy groups -OCH3 is 1. The van der Waals surface area contributed by atoms with Crippen LogP contribution < -0.4 is 5.32 Å². The molecule has 5 heterocycles. The van der Waals surface area contributed by atoms with Crippen LogP contribution in [0.25, 0.3) is 43.6 Å². The van der Waals surface area contributed by atoms with Gasteiger partial charge in [-0.15, -0.1) is 0 Å². The molecule has 0 spiro atoms. The second-order valence-electron chi connectivity index (χ2n) is 12.1. The van der Waals surface area contributed by atoms with E-state index in [1.165, 1.54) is 0 Å². The minimum absolute atomic E-state index is 0. The Hall–Kier alpha value is -4.31. The fourth-order valence-electron chi connectivity index (χ4n) is 8.33. The predicted molar refractivity (Wildman–Crippen MR) is 176 cm³/mol. The number of nitrogens with zero attached hydrogens (tertiary/aromatic N) is 3. The first-order chi connectivity index (χ1) is 20.9. The molecule has 0 aliphatic carbocycles. The highest BCUT2D eigenvalue weighted by molar-refractivity contribution is 7.59. The van der Waals surface area contributed by atoms with Crippen molar-refractivity contribution in [2.45, 2.75) is 44.0 Å². The quantitative estimate of drug-likeness (QED) is 0.268. The van der Waals surface area contributed by atoms with Gasteiger partial charge in [-0.25, -0.2) is 0 Å². The lowest BCUT2D eigenvalue weighted by molar-refractivity contribution is -0.264. The van der Waals surface area contributed by atoms with E-state index in [1.807, 2.05) is 66.5 Å². The average Bonchev–Trinajstić information content (AvgIpc) is 3.68. The van der Waals surface area contributed by atoms with Gasteiger partial charge in [0.05, 0.1) is 33.7 Å². The van der Waals surface area contributed by atoms with Gasteiger partial charge in [-0.05, 0) is 36.8 Å². The molecular formula is C35H32N4O4S. The van der Waals surface area contributed by atoms with Crippen LogP contribution in [0.5, 0.6) is 0 Å². The third-order valence-electron chi connectivity index (χ3n) is 10.0. The molecule has 1 saturated heterocycles. The van der Waals surface area contributed by atoms with E-state index in [0.717, 1.165) is 54.7 Å². The van der Waals surface area contributed by atoms with E-state index in [2.05, 4.69) is 45.6 Å². The second-order valence-corrected chi connectivity index (χ2v) is 12.1. The van der Waals surface area contributed by atoms with Crippen LogP contribution in [0, 0.1) is 0 Å². The number of rotatable bonds is 3. The SMILES string of the molecule is CO[C@@H]1[C@H](N(C)C(=O)c2ccccc2)C[C@H]2OC1(C)n1c3ccccc3c3c4c(c5c6ccccc6n2c5c31)C(=O)NC4.S. The van der Waals surface area contributed by atoms with Crippen LogP contribution in [-0.2, 0) is 21.7 Å². The van der Waals surface area contributed by atoms with Gasteiger partial charge in [-0.2, -0.15) is 13.5 Å². The topological polar surface area (TPSA) is 77.7 Å². The summed E-state index contributed by atoms with van der Waals surface area (Å²) in [4.78, 5) is 29.2. The Kier molecular flexibility index (Phi) is 5.79. The third kappa shape index (κ3) is 3.21. The first-order valence-electron chi connectivity index (χ1n) is 14.8. The van der Waals surface area contributed by atoms with Crippen LogP contribution in [-0.4, -0.2) is 52.2 Å². The number of para-hydroxylation sites is 2. The fraction of sp³-hybridized carbons (Fsp3) is 0.257. The summed E-state index contributed by atoms with van der Waals surface area (Å²) in [5, 5.41) is 7.24. The summed E-state index contributed by atoms with van der Waals surface area (Å²) >= 11 is 0. The first kappa shape index (κ1) is 27.3. The molecule has 8 nitrogen and oxygen atoms in total. The van der Waals surface area contributed by atoms with Gasteiger partial charge in [-0.3, -0.25) is 9.59 Å². The van der Waals surface area contributed by atoms with Crippen LogP contribution in [0.3, 0.4) is 0 Å². The van der Waals surface area contributed by atoms with E-state index in [9.17, 15) is 9.59 Å². The molecule has 3 aliphatic rings. The van der Waals surface area contributed by atoms with Crippen molar-refractivity contribution < 1.29 is 19.1 Å². The minimum Gasteiger partial charge on any atom is -0.374 e. The van der Waals surface area contributed by atoms with E-state index in [0.29, 0.717) is 18.5 Å². The summed E-state index contributed by atoms with van der Waals surface area (Å²) in [6.45, 7) is 2.56. The molecule has 9 heteroatoms. The molecule has 3 aliphatic heterocycles. The minimum atomic E-state index is -0.980. The Labute approximate surface area is 260 Å². The number of nitrogens with one attached hydrogen (secondary N) is 1.